The van der Waals surface area contributed by atoms with Crippen LogP contribution in [0.15, 0.2) is 78.9 Å². The number of hydrogen-bond acceptors (Lipinski definition) is 3. The van der Waals surface area contributed by atoms with Crippen molar-refractivity contribution >= 4 is 23.4 Å². The number of hydrazine groups is 1. The molecular weight excluding hydrogens is 388 g/mol. The van der Waals surface area contributed by atoms with Gasteiger partial charge in [-0.05, 0) is 35.7 Å². The fraction of sp³-hybridized carbons (Fsp3) is 0.130. The highest BCUT2D eigenvalue weighted by atomic mass is 35.5. The maximum absolute atomic E-state index is 12.5. The zero-order valence-corrected chi connectivity index (χ0v) is 16.5. The number of carbonyl (C=O) groups excluding carboxylic acids is 2. The van der Waals surface area contributed by atoms with Gasteiger partial charge >= 0.3 is 0 Å². The lowest BCUT2D eigenvalue weighted by molar-refractivity contribution is -0.121. The predicted octanol–water partition coefficient (Wildman–Crippen LogP) is 4.31. The Bertz CT molecular complexity index is 977. The van der Waals surface area contributed by atoms with Crippen LogP contribution in [0.5, 0.6) is 5.75 Å². The molecule has 2 N–H and O–H groups in total. The van der Waals surface area contributed by atoms with E-state index >= 15 is 0 Å². The van der Waals surface area contributed by atoms with Crippen molar-refractivity contribution in [3.8, 4) is 5.75 Å². The Morgan fingerprint density at radius 2 is 1.52 bits per heavy atom. The number of hydrogen-bond donors (Lipinski definition) is 2. The van der Waals surface area contributed by atoms with E-state index in [1.165, 1.54) is 0 Å². The van der Waals surface area contributed by atoms with E-state index in [0.29, 0.717) is 29.4 Å². The number of amides is 2. The molecule has 3 aromatic rings. The van der Waals surface area contributed by atoms with Gasteiger partial charge in [0.25, 0.3) is 5.91 Å². The number of carbonyl (C=O) groups is 2. The second kappa shape index (κ2) is 10.3. The summed E-state index contributed by atoms with van der Waals surface area (Å²) in [6.45, 7) is 0.343. The summed E-state index contributed by atoms with van der Waals surface area (Å²) in [6, 6.07) is 23.9. The Balaban J connectivity index is 1.52. The smallest absolute Gasteiger partial charge is 0.273 e. The molecule has 5 nitrogen and oxygen atoms in total. The molecule has 0 aliphatic carbocycles. The van der Waals surface area contributed by atoms with Gasteiger partial charge in [-0.1, -0.05) is 72.3 Å². The number of para-hydroxylation sites is 1. The molecule has 0 aromatic heterocycles. The summed E-state index contributed by atoms with van der Waals surface area (Å²) in [5.41, 5.74) is 7.09. The molecule has 0 atom stereocenters. The second-order valence-electron chi connectivity index (χ2n) is 6.36. The van der Waals surface area contributed by atoms with E-state index < -0.39 is 5.91 Å². The van der Waals surface area contributed by atoms with Gasteiger partial charge in [0.05, 0.1) is 5.56 Å². The molecule has 6 heteroatoms. The van der Waals surface area contributed by atoms with E-state index in [4.69, 9.17) is 16.3 Å². The van der Waals surface area contributed by atoms with Crippen molar-refractivity contribution in [2.75, 3.05) is 0 Å². The average Bonchev–Trinajstić information content (AvgIpc) is 2.76. The molecule has 0 fully saturated rings. The first-order valence-electron chi connectivity index (χ1n) is 9.22. The molecule has 0 bridgehead atoms. The largest absolute Gasteiger partial charge is 0.488 e. The van der Waals surface area contributed by atoms with Gasteiger partial charge in [0.2, 0.25) is 5.91 Å². The highest BCUT2D eigenvalue weighted by Crippen LogP contribution is 2.19. The summed E-state index contributed by atoms with van der Waals surface area (Å²) in [5, 5.41) is 0.619. The monoisotopic (exact) mass is 408 g/mol. The summed E-state index contributed by atoms with van der Waals surface area (Å²) >= 11 is 6.09. The lowest BCUT2D eigenvalue weighted by atomic mass is 10.1. The molecule has 3 rings (SSSR count). The molecule has 0 aliphatic heterocycles. The Labute approximate surface area is 174 Å². The van der Waals surface area contributed by atoms with Crippen molar-refractivity contribution < 1.29 is 14.3 Å². The Morgan fingerprint density at radius 1 is 0.828 bits per heavy atom. The van der Waals surface area contributed by atoms with Gasteiger partial charge in [-0.25, -0.2) is 0 Å². The van der Waals surface area contributed by atoms with Crippen LogP contribution in [0.3, 0.4) is 0 Å². The maximum Gasteiger partial charge on any atom is 0.273 e. The molecule has 0 saturated heterocycles. The van der Waals surface area contributed by atoms with Crippen molar-refractivity contribution in [1.29, 1.82) is 0 Å². The molecule has 0 unspecified atom stereocenters. The summed E-state index contributed by atoms with van der Waals surface area (Å²) in [6.07, 6.45) is 0.689. The Kier molecular flexibility index (Phi) is 7.25. The van der Waals surface area contributed by atoms with Gasteiger partial charge in [-0.3, -0.25) is 20.4 Å². The first-order chi connectivity index (χ1) is 14.1. The van der Waals surface area contributed by atoms with E-state index in [-0.39, 0.29) is 12.3 Å². The highest BCUT2D eigenvalue weighted by Gasteiger charge is 2.13. The summed E-state index contributed by atoms with van der Waals surface area (Å²) < 4.78 is 5.78. The predicted molar refractivity (Wildman–Crippen MR) is 113 cm³/mol. The standard InChI is InChI=1S/C23H21ClN2O3/c24-20-12-6-4-10-18(20)14-15-22(27)25-26-23(28)19-11-5-7-13-21(19)29-16-17-8-2-1-3-9-17/h1-13H,14-16H2,(H,25,27)(H,26,28). The first-order valence-corrected chi connectivity index (χ1v) is 9.59. The SMILES string of the molecule is O=C(CCc1ccccc1Cl)NNC(=O)c1ccccc1OCc1ccccc1. The second-order valence-corrected chi connectivity index (χ2v) is 6.77. The lowest BCUT2D eigenvalue weighted by Crippen LogP contribution is -2.41. The number of benzene rings is 3. The quantitative estimate of drug-likeness (QED) is 0.572. The van der Waals surface area contributed by atoms with E-state index in [9.17, 15) is 9.59 Å². The normalized spacial score (nSPS) is 10.2. The molecule has 0 saturated carbocycles. The molecular formula is C23H21ClN2O3. The van der Waals surface area contributed by atoms with Crippen LogP contribution < -0.4 is 15.6 Å². The van der Waals surface area contributed by atoms with Crippen molar-refractivity contribution in [1.82, 2.24) is 10.9 Å². The third-order valence-corrected chi connectivity index (χ3v) is 4.63. The summed E-state index contributed by atoms with van der Waals surface area (Å²) in [5.74, 6) is -0.306. The third kappa shape index (κ3) is 6.09. The Morgan fingerprint density at radius 3 is 2.31 bits per heavy atom. The number of rotatable bonds is 7. The van der Waals surface area contributed by atoms with Crippen LogP contribution in [0.25, 0.3) is 0 Å². The minimum atomic E-state index is -0.445. The van der Waals surface area contributed by atoms with E-state index in [1.807, 2.05) is 48.5 Å². The van der Waals surface area contributed by atoms with E-state index in [1.54, 1.807) is 30.3 Å². The number of nitrogens with one attached hydrogen (secondary N) is 2. The van der Waals surface area contributed by atoms with Crippen LogP contribution in [-0.4, -0.2) is 11.8 Å². The van der Waals surface area contributed by atoms with E-state index in [0.717, 1.165) is 11.1 Å². The molecule has 0 heterocycles. The van der Waals surface area contributed by atoms with Gasteiger partial charge in [-0.15, -0.1) is 0 Å². The fourth-order valence-corrected chi connectivity index (χ4v) is 2.95. The first kappa shape index (κ1) is 20.4. The number of ether oxygens (including phenoxy) is 1. The van der Waals surface area contributed by atoms with Gasteiger partial charge < -0.3 is 4.74 Å². The third-order valence-electron chi connectivity index (χ3n) is 4.26. The van der Waals surface area contributed by atoms with Crippen molar-refractivity contribution in [3.05, 3.63) is 101 Å². The van der Waals surface area contributed by atoms with Crippen LogP contribution in [0.4, 0.5) is 0 Å². The summed E-state index contributed by atoms with van der Waals surface area (Å²) in [4.78, 5) is 24.5. The topological polar surface area (TPSA) is 67.4 Å². The zero-order chi connectivity index (χ0) is 20.5. The molecule has 148 valence electrons. The highest BCUT2D eigenvalue weighted by molar-refractivity contribution is 6.31. The van der Waals surface area contributed by atoms with Gasteiger partial charge in [0.1, 0.15) is 12.4 Å². The van der Waals surface area contributed by atoms with Crippen molar-refractivity contribution in [2.45, 2.75) is 19.4 Å². The molecule has 0 spiro atoms. The van der Waals surface area contributed by atoms with Crippen LogP contribution in [-0.2, 0) is 17.8 Å². The van der Waals surface area contributed by atoms with Crippen LogP contribution in [0.2, 0.25) is 5.02 Å². The molecule has 29 heavy (non-hydrogen) atoms. The van der Waals surface area contributed by atoms with Crippen LogP contribution >= 0.6 is 11.6 Å². The van der Waals surface area contributed by atoms with Crippen LogP contribution in [0, 0.1) is 0 Å². The van der Waals surface area contributed by atoms with Gasteiger partial charge in [0, 0.05) is 11.4 Å². The lowest BCUT2D eigenvalue weighted by Gasteiger charge is -2.12. The molecule has 2 amide bonds. The zero-order valence-electron chi connectivity index (χ0n) is 15.7. The van der Waals surface area contributed by atoms with Gasteiger partial charge in [0.15, 0.2) is 0 Å². The molecule has 0 aliphatic rings. The minimum absolute atomic E-state index is 0.205. The van der Waals surface area contributed by atoms with Crippen LogP contribution in [0.1, 0.15) is 27.9 Å². The van der Waals surface area contributed by atoms with E-state index in [2.05, 4.69) is 10.9 Å². The van der Waals surface area contributed by atoms with Crippen molar-refractivity contribution in [3.63, 3.8) is 0 Å². The number of halogens is 1. The molecule has 3 aromatic carbocycles. The maximum atomic E-state index is 12.5. The van der Waals surface area contributed by atoms with Crippen molar-refractivity contribution in [2.24, 2.45) is 0 Å². The molecule has 0 radical (unpaired) electrons. The van der Waals surface area contributed by atoms with Gasteiger partial charge in [-0.2, -0.15) is 0 Å². The minimum Gasteiger partial charge on any atom is -0.488 e. The Hall–Kier alpha value is -3.31. The number of aryl methyl sites for hydroxylation is 1. The average molecular weight is 409 g/mol. The summed E-state index contributed by atoms with van der Waals surface area (Å²) in [7, 11) is 0. The fourth-order valence-electron chi connectivity index (χ4n) is 2.72.